The molecule has 0 fully saturated rings. The lowest BCUT2D eigenvalue weighted by atomic mass is 10.4. The zero-order valence-corrected chi connectivity index (χ0v) is 6.76. The average Bonchev–Trinajstić information content (AvgIpc) is 1.99. The topological polar surface area (TPSA) is 30.5 Å². The summed E-state index contributed by atoms with van der Waals surface area (Å²) in [6.07, 6.45) is 4.46. The minimum absolute atomic E-state index is 0.121. The van der Waals surface area contributed by atoms with E-state index in [1.165, 1.54) is 0 Å². The van der Waals surface area contributed by atoms with Crippen LogP contribution in [0, 0.1) is 0 Å². The maximum absolute atomic E-state index is 4.94. The molecule has 0 rings (SSSR count). The van der Waals surface area contributed by atoms with Gasteiger partial charge in [-0.2, -0.15) is 0 Å². The van der Waals surface area contributed by atoms with E-state index in [4.69, 9.17) is 9.47 Å². The molecule has 0 spiro atoms. The average molecular weight is 145 g/mol. The predicted molar refractivity (Wildman–Crippen MR) is 40.6 cm³/mol. The minimum Gasteiger partial charge on any atom is -0.394 e. The summed E-state index contributed by atoms with van der Waals surface area (Å²) in [6.45, 7) is 0. The van der Waals surface area contributed by atoms with Crippen LogP contribution < -0.4 is 5.32 Å². The second-order valence-corrected chi connectivity index (χ2v) is 1.83. The largest absolute Gasteiger partial charge is 0.394 e. The van der Waals surface area contributed by atoms with Gasteiger partial charge in [0, 0.05) is 27.7 Å². The van der Waals surface area contributed by atoms with Gasteiger partial charge in [0.1, 0.15) is 0 Å². The summed E-state index contributed by atoms with van der Waals surface area (Å²) in [6, 6.07) is 0. The Balaban J connectivity index is 3.34. The van der Waals surface area contributed by atoms with Gasteiger partial charge in [-0.25, -0.2) is 0 Å². The van der Waals surface area contributed by atoms with Gasteiger partial charge in [0.15, 0.2) is 6.29 Å². The lowest BCUT2D eigenvalue weighted by Gasteiger charge is -2.09. The van der Waals surface area contributed by atoms with Crippen LogP contribution in [0.4, 0.5) is 0 Å². The van der Waals surface area contributed by atoms with Crippen LogP contribution in [-0.4, -0.2) is 27.6 Å². The summed E-state index contributed by atoms with van der Waals surface area (Å²) < 4.78 is 9.89. The molecule has 0 aromatic rings. The molecular weight excluding hydrogens is 130 g/mol. The van der Waals surface area contributed by atoms with E-state index in [1.807, 2.05) is 19.3 Å². The van der Waals surface area contributed by atoms with Crippen molar-refractivity contribution in [2.75, 3.05) is 21.3 Å². The zero-order chi connectivity index (χ0) is 7.82. The van der Waals surface area contributed by atoms with E-state index in [1.54, 1.807) is 14.2 Å². The Morgan fingerprint density at radius 3 is 2.40 bits per heavy atom. The lowest BCUT2D eigenvalue weighted by molar-refractivity contribution is -0.0986. The van der Waals surface area contributed by atoms with E-state index in [0.29, 0.717) is 0 Å². The minimum atomic E-state index is -0.121. The van der Waals surface area contributed by atoms with Crippen LogP contribution in [0.3, 0.4) is 0 Å². The van der Waals surface area contributed by atoms with Crippen molar-refractivity contribution in [2.45, 2.75) is 12.7 Å². The van der Waals surface area contributed by atoms with E-state index >= 15 is 0 Å². The van der Waals surface area contributed by atoms with Crippen LogP contribution in [0.5, 0.6) is 0 Å². The van der Waals surface area contributed by atoms with E-state index in [0.717, 1.165) is 6.42 Å². The van der Waals surface area contributed by atoms with Crippen molar-refractivity contribution in [3.8, 4) is 0 Å². The fourth-order valence-corrected chi connectivity index (χ4v) is 0.586. The number of rotatable bonds is 5. The fraction of sp³-hybridized carbons (Fsp3) is 0.714. The highest BCUT2D eigenvalue weighted by molar-refractivity contribution is 4.78. The van der Waals surface area contributed by atoms with Gasteiger partial charge in [-0.15, -0.1) is 0 Å². The quantitative estimate of drug-likeness (QED) is 0.578. The number of ether oxygens (including phenoxy) is 2. The van der Waals surface area contributed by atoms with Gasteiger partial charge in [-0.3, -0.25) is 0 Å². The summed E-state index contributed by atoms with van der Waals surface area (Å²) in [5.74, 6) is 0. The Morgan fingerprint density at radius 2 is 2.00 bits per heavy atom. The molecule has 0 aliphatic rings. The molecule has 3 heteroatoms. The number of hydrogen-bond acceptors (Lipinski definition) is 3. The SMILES string of the molecule is CN/C=C\CC(OC)OC. The standard InChI is InChI=1S/C7H15NO2/c1-8-6-4-5-7(9-2)10-3/h4,6-8H,5H2,1-3H3/b6-4-. The molecule has 3 nitrogen and oxygen atoms in total. The Labute approximate surface area is 62.0 Å². The molecule has 0 unspecified atom stereocenters. The van der Waals surface area contributed by atoms with Crippen molar-refractivity contribution in [3.05, 3.63) is 12.3 Å². The van der Waals surface area contributed by atoms with E-state index in [2.05, 4.69) is 5.32 Å². The van der Waals surface area contributed by atoms with Crippen LogP contribution in [0.2, 0.25) is 0 Å². The third-order valence-electron chi connectivity index (χ3n) is 1.14. The third kappa shape index (κ3) is 4.35. The second-order valence-electron chi connectivity index (χ2n) is 1.83. The van der Waals surface area contributed by atoms with Crippen molar-refractivity contribution in [1.29, 1.82) is 0 Å². The smallest absolute Gasteiger partial charge is 0.160 e. The van der Waals surface area contributed by atoms with Gasteiger partial charge < -0.3 is 14.8 Å². The van der Waals surface area contributed by atoms with Crippen molar-refractivity contribution < 1.29 is 9.47 Å². The summed E-state index contributed by atoms with van der Waals surface area (Å²) in [7, 11) is 5.11. The summed E-state index contributed by atoms with van der Waals surface area (Å²) in [4.78, 5) is 0. The Morgan fingerprint density at radius 1 is 1.40 bits per heavy atom. The first-order chi connectivity index (χ1) is 4.85. The van der Waals surface area contributed by atoms with Crippen molar-refractivity contribution in [1.82, 2.24) is 5.32 Å². The van der Waals surface area contributed by atoms with Gasteiger partial charge in [0.2, 0.25) is 0 Å². The molecule has 0 aliphatic heterocycles. The van der Waals surface area contributed by atoms with Crippen LogP contribution in [-0.2, 0) is 9.47 Å². The van der Waals surface area contributed by atoms with E-state index in [-0.39, 0.29) is 6.29 Å². The van der Waals surface area contributed by atoms with E-state index in [9.17, 15) is 0 Å². The molecule has 10 heavy (non-hydrogen) atoms. The molecule has 0 saturated carbocycles. The molecule has 0 aliphatic carbocycles. The van der Waals surface area contributed by atoms with Gasteiger partial charge in [0.05, 0.1) is 0 Å². The highest BCUT2D eigenvalue weighted by Crippen LogP contribution is 1.97. The summed E-state index contributed by atoms with van der Waals surface area (Å²) in [5.41, 5.74) is 0. The fourth-order valence-electron chi connectivity index (χ4n) is 0.586. The maximum Gasteiger partial charge on any atom is 0.160 e. The van der Waals surface area contributed by atoms with Crippen molar-refractivity contribution in [2.24, 2.45) is 0 Å². The molecule has 0 aromatic carbocycles. The van der Waals surface area contributed by atoms with Gasteiger partial charge >= 0.3 is 0 Å². The predicted octanol–water partition coefficient (Wildman–Crippen LogP) is 0.728. The molecular formula is C7H15NO2. The first-order valence-electron chi connectivity index (χ1n) is 3.23. The molecule has 0 bridgehead atoms. The molecule has 60 valence electrons. The number of nitrogens with one attached hydrogen (secondary N) is 1. The Kier molecular flexibility index (Phi) is 6.22. The van der Waals surface area contributed by atoms with E-state index < -0.39 is 0 Å². The molecule has 0 aromatic heterocycles. The maximum atomic E-state index is 4.94. The molecule has 0 radical (unpaired) electrons. The van der Waals surface area contributed by atoms with Crippen LogP contribution in [0.25, 0.3) is 0 Å². The van der Waals surface area contributed by atoms with Gasteiger partial charge in [0.25, 0.3) is 0 Å². The molecule has 0 saturated heterocycles. The molecule has 1 N–H and O–H groups in total. The normalized spacial score (nSPS) is 11.2. The monoisotopic (exact) mass is 145 g/mol. The van der Waals surface area contributed by atoms with Gasteiger partial charge in [-0.05, 0) is 6.20 Å². The molecule has 0 atom stereocenters. The Hall–Kier alpha value is -0.540. The third-order valence-corrected chi connectivity index (χ3v) is 1.14. The Bertz CT molecular complexity index is 89.6. The van der Waals surface area contributed by atoms with Gasteiger partial charge in [-0.1, -0.05) is 6.08 Å². The summed E-state index contributed by atoms with van der Waals surface area (Å²) in [5, 5.41) is 2.88. The molecule has 0 heterocycles. The number of methoxy groups -OCH3 is 2. The number of hydrogen-bond donors (Lipinski definition) is 1. The van der Waals surface area contributed by atoms with Crippen LogP contribution >= 0.6 is 0 Å². The van der Waals surface area contributed by atoms with Crippen molar-refractivity contribution >= 4 is 0 Å². The first-order valence-corrected chi connectivity index (χ1v) is 3.23. The molecule has 0 amide bonds. The first kappa shape index (κ1) is 9.46. The zero-order valence-electron chi connectivity index (χ0n) is 6.76. The van der Waals surface area contributed by atoms with Crippen LogP contribution in [0.15, 0.2) is 12.3 Å². The summed E-state index contributed by atoms with van der Waals surface area (Å²) >= 11 is 0. The van der Waals surface area contributed by atoms with Crippen molar-refractivity contribution in [3.63, 3.8) is 0 Å². The van der Waals surface area contributed by atoms with Crippen LogP contribution in [0.1, 0.15) is 6.42 Å². The second kappa shape index (κ2) is 6.58. The lowest BCUT2D eigenvalue weighted by Crippen LogP contribution is -2.11. The highest BCUT2D eigenvalue weighted by atomic mass is 16.7. The highest BCUT2D eigenvalue weighted by Gasteiger charge is 1.99.